The Balaban J connectivity index is 0. The molecule has 0 heterocycles. The third-order valence-corrected chi connectivity index (χ3v) is 3.53. The maximum atomic E-state index is 13.0. The van der Waals surface area contributed by atoms with Crippen LogP contribution >= 0.6 is 53.2 Å². The third-order valence-electron chi connectivity index (χ3n) is 2.62. The first kappa shape index (κ1) is 31.9. The third kappa shape index (κ3) is 12.4. The van der Waals surface area contributed by atoms with E-state index in [0.29, 0.717) is 0 Å². The molecule has 0 saturated heterocycles. The van der Waals surface area contributed by atoms with Crippen LogP contribution in [0.1, 0.15) is 20.7 Å². The lowest BCUT2D eigenvalue weighted by atomic mass is 10.2. The molecule has 174 valence electrons. The molecule has 15 heteroatoms. The molecule has 0 atom stereocenters. The van der Waals surface area contributed by atoms with E-state index in [1.54, 1.807) is 0 Å². The van der Waals surface area contributed by atoms with Crippen LogP contribution in [0.4, 0.5) is 17.6 Å². The zero-order valence-corrected chi connectivity index (χ0v) is 20.8. The summed E-state index contributed by atoms with van der Waals surface area (Å²) < 4.78 is 65.1. The number of carboxylic acids is 1. The van der Waals surface area contributed by atoms with Gasteiger partial charge in [-0.05, 0) is 24.3 Å². The Morgan fingerprint density at radius 2 is 1.13 bits per heavy atom. The number of hydrogen-bond acceptors (Lipinski definition) is 5. The van der Waals surface area contributed by atoms with E-state index in [9.17, 15) is 27.2 Å². The lowest BCUT2D eigenvalue weighted by molar-refractivity contribution is 0.0588. The number of carbonyl (C=O) groups is 2. The van der Waals surface area contributed by atoms with E-state index in [2.05, 4.69) is 58.0 Å². The number of ether oxygens (including phenoxy) is 1. The van der Waals surface area contributed by atoms with Crippen molar-refractivity contribution < 1.29 is 46.3 Å². The van der Waals surface area contributed by atoms with Crippen molar-refractivity contribution in [2.45, 2.75) is 0 Å². The topological polar surface area (TPSA) is 101 Å². The van der Waals surface area contributed by atoms with E-state index in [1.807, 2.05) is 0 Å². The molecule has 0 aliphatic rings. The number of methoxy groups -OCH3 is 1. The quantitative estimate of drug-likeness (QED) is 0.253. The molecule has 0 fully saturated rings. The van der Waals surface area contributed by atoms with Crippen LogP contribution in [-0.4, -0.2) is 40.6 Å². The number of halogens is 8. The van der Waals surface area contributed by atoms with Gasteiger partial charge in [0.1, 0.15) is 34.4 Å². The first-order valence-corrected chi connectivity index (χ1v) is 11.5. The second-order valence-corrected chi connectivity index (χ2v) is 8.83. The molecule has 6 nitrogen and oxygen atoms in total. The van der Waals surface area contributed by atoms with Crippen molar-refractivity contribution in [1.29, 1.82) is 0 Å². The van der Waals surface area contributed by atoms with Gasteiger partial charge >= 0.3 is 11.9 Å². The number of aliphatic hydroxyl groups excluding tert-OH is 1. The molecular formula is C16H12Br2Cl2F4O6S. The number of hydrogen-bond donors (Lipinski definition) is 2. The molecule has 0 spiro atoms. The van der Waals surface area contributed by atoms with Crippen molar-refractivity contribution in [3.05, 3.63) is 67.6 Å². The van der Waals surface area contributed by atoms with Crippen LogP contribution in [0, 0.1) is 23.3 Å². The number of esters is 1. The normalized spacial score (nSPS) is 9.29. The highest BCUT2D eigenvalue weighted by Gasteiger charge is 2.18. The summed E-state index contributed by atoms with van der Waals surface area (Å²) >= 11 is 5.71. The molecule has 2 aromatic carbocycles. The Bertz CT molecular complexity index is 887. The highest BCUT2D eigenvalue weighted by Crippen LogP contribution is 2.20. The van der Waals surface area contributed by atoms with Gasteiger partial charge < -0.3 is 14.9 Å². The van der Waals surface area contributed by atoms with Crippen LogP contribution in [0.15, 0.2) is 33.2 Å². The predicted molar refractivity (Wildman–Crippen MR) is 114 cm³/mol. The summed E-state index contributed by atoms with van der Waals surface area (Å²) in [4.78, 5) is 21.1. The first-order chi connectivity index (χ1) is 14.3. The Morgan fingerprint density at radius 1 is 0.871 bits per heavy atom. The highest BCUT2D eigenvalue weighted by molar-refractivity contribution is 9.10. The van der Waals surface area contributed by atoms with Crippen LogP contribution in [-0.2, 0) is 14.0 Å². The van der Waals surface area contributed by atoms with Crippen LogP contribution in [0.3, 0.4) is 0 Å². The van der Waals surface area contributed by atoms with Crippen molar-refractivity contribution in [3.63, 3.8) is 0 Å². The standard InChI is InChI=1S/C8H5BrF2O2.C7H3BrF2O2.CH4O.Cl2OS/c1-13-8(12)7-5(10)2-4(9)3-6(7)11;8-3-1-4(9)6(7(11)12)5(10)2-3;1-2;1-4(2)3/h2-3H,1H3;1-2H,(H,11,12);2H,1H3;. The fourth-order valence-corrected chi connectivity index (χ4v) is 2.39. The second kappa shape index (κ2) is 16.4. The van der Waals surface area contributed by atoms with Gasteiger partial charge in [0.15, 0.2) is 0 Å². The molecule has 0 aromatic heterocycles. The minimum atomic E-state index is -1.67. The number of carboxylic acid groups (broad SMARTS) is 1. The first-order valence-electron chi connectivity index (χ1n) is 7.11. The van der Waals surface area contributed by atoms with Crippen LogP contribution in [0.25, 0.3) is 0 Å². The van der Waals surface area contributed by atoms with Gasteiger partial charge in [0.2, 0.25) is 9.23 Å². The van der Waals surface area contributed by atoms with Crippen molar-refractivity contribution in [1.82, 2.24) is 0 Å². The van der Waals surface area contributed by atoms with Crippen LogP contribution in [0.5, 0.6) is 0 Å². The van der Waals surface area contributed by atoms with Gasteiger partial charge in [-0.25, -0.2) is 31.4 Å². The van der Waals surface area contributed by atoms with E-state index in [4.69, 9.17) is 14.4 Å². The molecule has 2 aromatic rings. The number of aromatic carboxylic acids is 1. The van der Waals surface area contributed by atoms with E-state index < -0.39 is 55.6 Å². The van der Waals surface area contributed by atoms with Crippen molar-refractivity contribution in [3.8, 4) is 0 Å². The number of benzene rings is 2. The van der Waals surface area contributed by atoms with Crippen molar-refractivity contribution >= 4 is 74.4 Å². The second-order valence-electron chi connectivity index (χ2n) is 4.47. The van der Waals surface area contributed by atoms with Gasteiger partial charge in [0.25, 0.3) is 0 Å². The number of aliphatic hydroxyl groups is 1. The summed E-state index contributed by atoms with van der Waals surface area (Å²) in [5, 5.41) is 15.3. The van der Waals surface area contributed by atoms with Gasteiger partial charge in [0.05, 0.1) is 7.11 Å². The minimum Gasteiger partial charge on any atom is -0.477 e. The summed E-state index contributed by atoms with van der Waals surface area (Å²) in [5.74, 6) is -6.71. The Hall–Kier alpha value is -1.25. The summed E-state index contributed by atoms with van der Waals surface area (Å²) in [7, 11) is 9.42. The minimum absolute atomic E-state index is 0.169. The summed E-state index contributed by atoms with van der Waals surface area (Å²) in [6.07, 6.45) is 0. The smallest absolute Gasteiger partial charge is 0.343 e. The van der Waals surface area contributed by atoms with Gasteiger partial charge in [-0.15, -0.1) is 0 Å². The van der Waals surface area contributed by atoms with E-state index >= 15 is 0 Å². The fraction of sp³-hybridized carbons (Fsp3) is 0.125. The molecular weight excluding hydrogens is 627 g/mol. The Labute approximate surface area is 201 Å². The average Bonchev–Trinajstić information content (AvgIpc) is 2.61. The van der Waals surface area contributed by atoms with Gasteiger partial charge in [-0.1, -0.05) is 31.9 Å². The number of rotatable bonds is 2. The van der Waals surface area contributed by atoms with E-state index in [1.165, 1.54) is 0 Å². The molecule has 31 heavy (non-hydrogen) atoms. The molecule has 2 N–H and O–H groups in total. The van der Waals surface area contributed by atoms with Crippen molar-refractivity contribution in [2.75, 3.05) is 14.2 Å². The molecule has 0 aliphatic carbocycles. The Morgan fingerprint density at radius 3 is 1.35 bits per heavy atom. The van der Waals surface area contributed by atoms with E-state index in [0.717, 1.165) is 38.5 Å². The largest absolute Gasteiger partial charge is 0.477 e. The fourth-order valence-electron chi connectivity index (χ4n) is 1.59. The molecule has 2 rings (SSSR count). The lowest BCUT2D eigenvalue weighted by Crippen LogP contribution is -2.07. The number of carbonyl (C=O) groups excluding carboxylic acids is 1. The molecule has 0 unspecified atom stereocenters. The summed E-state index contributed by atoms with van der Waals surface area (Å²) in [6.45, 7) is 0. The van der Waals surface area contributed by atoms with Gasteiger partial charge in [0, 0.05) is 37.4 Å². The van der Waals surface area contributed by atoms with Crippen molar-refractivity contribution in [2.24, 2.45) is 0 Å². The predicted octanol–water partition coefficient (Wildman–Crippen LogP) is 5.59. The Kier molecular flexibility index (Phi) is 16.9. The zero-order valence-electron chi connectivity index (χ0n) is 15.3. The van der Waals surface area contributed by atoms with Gasteiger partial charge in [-0.2, -0.15) is 0 Å². The van der Waals surface area contributed by atoms with Crippen LogP contribution < -0.4 is 0 Å². The monoisotopic (exact) mass is 636 g/mol. The molecule has 0 saturated carbocycles. The van der Waals surface area contributed by atoms with E-state index in [-0.39, 0.29) is 8.95 Å². The summed E-state index contributed by atoms with van der Waals surface area (Å²) in [6, 6.07) is 3.78. The highest BCUT2D eigenvalue weighted by atomic mass is 79.9. The van der Waals surface area contributed by atoms with Gasteiger partial charge in [-0.3, -0.25) is 0 Å². The zero-order chi connectivity index (χ0) is 24.9. The molecule has 0 aliphatic heterocycles. The van der Waals surface area contributed by atoms with Crippen LogP contribution in [0.2, 0.25) is 0 Å². The molecule has 0 bridgehead atoms. The molecule has 0 radical (unpaired) electrons. The lowest BCUT2D eigenvalue weighted by Gasteiger charge is -2.02. The maximum absolute atomic E-state index is 13.0. The SMILES string of the molecule is CO.COC(=O)c1c(F)cc(Br)cc1F.O=C(O)c1c(F)cc(Br)cc1F.O=S(Cl)Cl. The maximum Gasteiger partial charge on any atom is 0.343 e. The summed E-state index contributed by atoms with van der Waals surface area (Å²) in [5.41, 5.74) is -1.61. The average molecular weight is 639 g/mol. The molecule has 0 amide bonds.